The normalized spacial score (nSPS) is 17.8. The van der Waals surface area contributed by atoms with E-state index < -0.39 is 12.0 Å². The minimum Gasteiger partial charge on any atom is -0.480 e. The van der Waals surface area contributed by atoms with Gasteiger partial charge in [0.05, 0.1) is 4.88 Å². The zero-order chi connectivity index (χ0) is 24.0. The highest BCUT2D eigenvalue weighted by Crippen LogP contribution is 2.36. The van der Waals surface area contributed by atoms with Gasteiger partial charge in [0.15, 0.2) is 0 Å². The molecule has 6 heteroatoms. The second-order valence-corrected chi connectivity index (χ2v) is 10.0. The van der Waals surface area contributed by atoms with E-state index in [2.05, 4.69) is 54.0 Å². The van der Waals surface area contributed by atoms with Crippen LogP contribution in [0.1, 0.15) is 57.8 Å². The largest absolute Gasteiger partial charge is 0.480 e. The van der Waals surface area contributed by atoms with Crippen molar-refractivity contribution in [3.8, 4) is 0 Å². The van der Waals surface area contributed by atoms with Gasteiger partial charge in [0.1, 0.15) is 6.04 Å². The van der Waals surface area contributed by atoms with Crippen molar-refractivity contribution in [3.05, 3.63) is 106 Å². The molecule has 0 radical (unpaired) electrons. The molecule has 2 atom stereocenters. The number of hydrogen-bond acceptors (Lipinski definition) is 4. The standard InChI is InChI=1S/C28H30N2O3S/c1-28(17-9-18-28)29-19-8-14-22(27(32)33)30-26(31)24-16-15-23(34-24)25(20-10-4-2-5-11-20)21-12-6-3-7-13-21/h2-7,9-13,15-17,22,25,29H,8,14,18-19H2,1H3,(H,30,31)(H,32,33)/t22-,28?/m0/s1. The van der Waals surface area contributed by atoms with Gasteiger partial charge in [-0.3, -0.25) is 4.79 Å². The lowest BCUT2D eigenvalue weighted by atomic mass is 9.87. The van der Waals surface area contributed by atoms with E-state index in [0.29, 0.717) is 24.3 Å². The van der Waals surface area contributed by atoms with Crippen LogP contribution in [0.4, 0.5) is 0 Å². The Hall–Kier alpha value is -3.22. The van der Waals surface area contributed by atoms with E-state index >= 15 is 0 Å². The van der Waals surface area contributed by atoms with Gasteiger partial charge in [-0.1, -0.05) is 72.8 Å². The summed E-state index contributed by atoms with van der Waals surface area (Å²) < 4.78 is 0. The fourth-order valence-corrected chi connectivity index (χ4v) is 5.28. The Balaban J connectivity index is 1.43. The molecule has 0 saturated heterocycles. The number of aliphatic carboxylic acids is 1. The van der Waals surface area contributed by atoms with Gasteiger partial charge in [0.25, 0.3) is 5.91 Å². The number of thiophene rings is 1. The zero-order valence-corrected chi connectivity index (χ0v) is 20.1. The third kappa shape index (κ3) is 5.82. The number of hydrogen-bond donors (Lipinski definition) is 3. The quantitative estimate of drug-likeness (QED) is 0.264. The summed E-state index contributed by atoms with van der Waals surface area (Å²) >= 11 is 1.41. The average Bonchev–Trinajstić information content (AvgIpc) is 3.31. The monoisotopic (exact) mass is 474 g/mol. The van der Waals surface area contributed by atoms with E-state index in [9.17, 15) is 14.7 Å². The van der Waals surface area contributed by atoms with E-state index in [4.69, 9.17) is 0 Å². The van der Waals surface area contributed by atoms with Crippen molar-refractivity contribution >= 4 is 23.2 Å². The van der Waals surface area contributed by atoms with Gasteiger partial charge in [-0.25, -0.2) is 4.79 Å². The maximum absolute atomic E-state index is 12.9. The van der Waals surface area contributed by atoms with Crippen molar-refractivity contribution in [2.24, 2.45) is 0 Å². The van der Waals surface area contributed by atoms with Crippen LogP contribution < -0.4 is 10.6 Å². The fourth-order valence-electron chi connectivity index (χ4n) is 4.21. The van der Waals surface area contributed by atoms with Crippen LogP contribution in [-0.4, -0.2) is 35.1 Å². The summed E-state index contributed by atoms with van der Waals surface area (Å²) in [6.07, 6.45) is 6.27. The lowest BCUT2D eigenvalue weighted by molar-refractivity contribution is -0.139. The van der Waals surface area contributed by atoms with E-state index in [0.717, 1.165) is 22.4 Å². The van der Waals surface area contributed by atoms with Crippen molar-refractivity contribution in [2.45, 2.75) is 43.7 Å². The van der Waals surface area contributed by atoms with Gasteiger partial charge >= 0.3 is 5.97 Å². The molecule has 1 amide bonds. The molecule has 1 aliphatic carbocycles. The second kappa shape index (κ2) is 10.8. The smallest absolute Gasteiger partial charge is 0.326 e. The number of benzene rings is 2. The molecule has 1 unspecified atom stereocenters. The Kier molecular flexibility index (Phi) is 7.60. The topological polar surface area (TPSA) is 78.4 Å². The minimum absolute atomic E-state index is 0.0113. The van der Waals surface area contributed by atoms with Gasteiger partial charge in [0.2, 0.25) is 0 Å². The number of carboxylic acid groups (broad SMARTS) is 1. The zero-order valence-electron chi connectivity index (χ0n) is 19.2. The van der Waals surface area contributed by atoms with Crippen molar-refractivity contribution in [1.82, 2.24) is 10.6 Å². The predicted octanol–water partition coefficient (Wildman–Crippen LogP) is 5.20. The van der Waals surface area contributed by atoms with Gasteiger partial charge < -0.3 is 15.7 Å². The van der Waals surface area contributed by atoms with Crippen LogP contribution in [0.25, 0.3) is 0 Å². The SMILES string of the molecule is CC1(NCCC[C@H](NC(=O)c2ccc(C(c3ccccc3)c3ccccc3)s2)C(=O)O)C=CC1. The first-order valence-electron chi connectivity index (χ1n) is 11.6. The summed E-state index contributed by atoms with van der Waals surface area (Å²) in [4.78, 5) is 26.3. The van der Waals surface area contributed by atoms with Crippen LogP contribution in [0.5, 0.6) is 0 Å². The third-order valence-corrected chi connectivity index (χ3v) is 7.38. The number of rotatable bonds is 11. The highest BCUT2D eigenvalue weighted by atomic mass is 32.1. The molecule has 3 N–H and O–H groups in total. The summed E-state index contributed by atoms with van der Waals surface area (Å²) in [6, 6.07) is 23.2. The number of nitrogens with one attached hydrogen (secondary N) is 2. The summed E-state index contributed by atoms with van der Waals surface area (Å²) in [6.45, 7) is 2.83. The second-order valence-electron chi connectivity index (χ2n) is 8.91. The van der Waals surface area contributed by atoms with Gasteiger partial charge in [-0.2, -0.15) is 0 Å². The number of amides is 1. The summed E-state index contributed by atoms with van der Waals surface area (Å²) in [5, 5.41) is 15.8. The molecule has 176 valence electrons. The Bertz CT molecular complexity index is 1100. The Morgan fingerprint density at radius 1 is 1.00 bits per heavy atom. The summed E-state index contributed by atoms with van der Waals surface area (Å²) in [5.41, 5.74) is 2.31. The average molecular weight is 475 g/mol. The van der Waals surface area contributed by atoms with Crippen molar-refractivity contribution in [3.63, 3.8) is 0 Å². The molecule has 3 aromatic rings. The molecule has 0 saturated carbocycles. The molecule has 2 aromatic carbocycles. The van der Waals surface area contributed by atoms with Crippen molar-refractivity contribution in [1.29, 1.82) is 0 Å². The number of carbonyl (C=O) groups is 2. The lowest BCUT2D eigenvalue weighted by Crippen LogP contribution is -2.45. The van der Waals surface area contributed by atoms with Gasteiger partial charge in [-0.15, -0.1) is 11.3 Å². The first-order valence-corrected chi connectivity index (χ1v) is 12.4. The van der Waals surface area contributed by atoms with Crippen LogP contribution in [0.2, 0.25) is 0 Å². The molecule has 1 aromatic heterocycles. The highest BCUT2D eigenvalue weighted by Gasteiger charge is 2.26. The molecular formula is C28H30N2O3S. The predicted molar refractivity (Wildman–Crippen MR) is 136 cm³/mol. The van der Waals surface area contributed by atoms with E-state index in [1.165, 1.54) is 11.3 Å². The first-order chi connectivity index (χ1) is 16.5. The molecular weight excluding hydrogens is 444 g/mol. The molecule has 1 heterocycles. The van der Waals surface area contributed by atoms with Crippen LogP contribution in [0.15, 0.2) is 84.9 Å². The fraction of sp³-hybridized carbons (Fsp3) is 0.286. The van der Waals surface area contributed by atoms with Gasteiger partial charge in [-0.05, 0) is 56.0 Å². The Labute approximate surface area is 204 Å². The molecule has 0 spiro atoms. The number of carboxylic acids is 1. The molecule has 0 aliphatic heterocycles. The van der Waals surface area contributed by atoms with Crippen LogP contribution in [0, 0.1) is 0 Å². The minimum atomic E-state index is -1.01. The maximum atomic E-state index is 12.9. The molecule has 5 nitrogen and oxygen atoms in total. The van der Waals surface area contributed by atoms with Gasteiger partial charge in [0, 0.05) is 16.3 Å². The van der Waals surface area contributed by atoms with Crippen molar-refractivity contribution in [2.75, 3.05) is 6.54 Å². The van der Waals surface area contributed by atoms with E-state index in [1.807, 2.05) is 42.5 Å². The number of carbonyl (C=O) groups excluding carboxylic acids is 1. The lowest BCUT2D eigenvalue weighted by Gasteiger charge is -2.32. The third-order valence-electron chi connectivity index (χ3n) is 6.23. The maximum Gasteiger partial charge on any atom is 0.326 e. The molecule has 4 rings (SSSR count). The van der Waals surface area contributed by atoms with Crippen LogP contribution >= 0.6 is 11.3 Å². The Morgan fingerprint density at radius 2 is 1.62 bits per heavy atom. The molecule has 0 bridgehead atoms. The highest BCUT2D eigenvalue weighted by molar-refractivity contribution is 7.14. The van der Waals surface area contributed by atoms with E-state index in [-0.39, 0.29) is 17.4 Å². The van der Waals surface area contributed by atoms with Crippen LogP contribution in [-0.2, 0) is 4.79 Å². The van der Waals surface area contributed by atoms with E-state index in [1.54, 1.807) is 6.07 Å². The Morgan fingerprint density at radius 3 is 2.15 bits per heavy atom. The van der Waals surface area contributed by atoms with Crippen LogP contribution in [0.3, 0.4) is 0 Å². The first kappa shape index (κ1) is 23.9. The van der Waals surface area contributed by atoms with Crippen molar-refractivity contribution < 1.29 is 14.7 Å². The summed E-state index contributed by atoms with van der Waals surface area (Å²) in [5.74, 6) is -1.34. The summed E-state index contributed by atoms with van der Waals surface area (Å²) in [7, 11) is 0. The molecule has 1 aliphatic rings. The molecule has 0 fully saturated rings. The molecule has 34 heavy (non-hydrogen) atoms.